The van der Waals surface area contributed by atoms with Crippen LogP contribution in [-0.2, 0) is 0 Å². The summed E-state index contributed by atoms with van der Waals surface area (Å²) < 4.78 is 0. The Morgan fingerprint density at radius 1 is 1.32 bits per heavy atom. The molecule has 1 aliphatic carbocycles. The average molecular weight is 294 g/mol. The molecule has 1 aliphatic heterocycles. The van der Waals surface area contributed by atoms with E-state index in [2.05, 4.69) is 36.3 Å². The van der Waals surface area contributed by atoms with Crippen LogP contribution < -0.4 is 10.2 Å². The Morgan fingerprint density at radius 3 is 2.86 bits per heavy atom. The Labute approximate surface area is 129 Å². The van der Waals surface area contributed by atoms with E-state index in [1.54, 1.807) is 6.20 Å². The Balaban J connectivity index is 1.60. The Hall–Kier alpha value is -2.55. The summed E-state index contributed by atoms with van der Waals surface area (Å²) in [5.74, 6) is 5.41. The normalized spacial score (nSPS) is 17.5. The monoisotopic (exact) mass is 294 g/mol. The largest absolute Gasteiger partial charge is 0.341 e. The smallest absolute Gasteiger partial charge is 0.227 e. The lowest BCUT2D eigenvalue weighted by Gasteiger charge is -2.16. The van der Waals surface area contributed by atoms with Gasteiger partial charge in [-0.25, -0.2) is 4.98 Å². The fourth-order valence-corrected chi connectivity index (χ4v) is 2.77. The van der Waals surface area contributed by atoms with Crippen LogP contribution in [0.25, 0.3) is 0 Å². The topological polar surface area (TPSA) is 69.7 Å². The summed E-state index contributed by atoms with van der Waals surface area (Å²) in [4.78, 5) is 11.2. The number of hydrogen-bond acceptors (Lipinski definition) is 5. The highest BCUT2D eigenvalue weighted by atomic mass is 15.3. The summed E-state index contributed by atoms with van der Waals surface area (Å²) >= 11 is 0. The van der Waals surface area contributed by atoms with Crippen molar-refractivity contribution in [2.24, 2.45) is 0 Å². The minimum absolute atomic E-state index is 0.640. The second-order valence-corrected chi connectivity index (χ2v) is 5.88. The number of anilines is 3. The van der Waals surface area contributed by atoms with Crippen LogP contribution >= 0.6 is 0 Å². The quantitative estimate of drug-likeness (QED) is 0.847. The van der Waals surface area contributed by atoms with Gasteiger partial charge in [-0.15, -0.1) is 6.42 Å². The van der Waals surface area contributed by atoms with Crippen molar-refractivity contribution >= 4 is 17.6 Å². The number of nitrogens with zero attached hydrogens (tertiary/aromatic N) is 4. The number of nitrogens with one attached hydrogen (secondary N) is 2. The fourth-order valence-electron chi connectivity index (χ4n) is 2.77. The molecule has 0 aromatic carbocycles. The third-order valence-electron chi connectivity index (χ3n) is 4.18. The van der Waals surface area contributed by atoms with Crippen LogP contribution in [0.2, 0.25) is 0 Å². The first-order chi connectivity index (χ1) is 10.8. The van der Waals surface area contributed by atoms with E-state index in [4.69, 9.17) is 6.42 Å². The SMILES string of the molecule is C#Cc1cnc(N2CCCC2)nc1Nc1cc(C2CC2)[nH]n1. The zero-order valence-electron chi connectivity index (χ0n) is 12.3. The van der Waals surface area contributed by atoms with E-state index in [0.717, 1.165) is 24.9 Å². The van der Waals surface area contributed by atoms with E-state index in [0.29, 0.717) is 17.3 Å². The lowest BCUT2D eigenvalue weighted by Crippen LogP contribution is -2.21. The molecule has 1 saturated carbocycles. The van der Waals surface area contributed by atoms with Crippen LogP contribution in [0, 0.1) is 12.3 Å². The third-order valence-corrected chi connectivity index (χ3v) is 4.18. The number of hydrogen-bond donors (Lipinski definition) is 2. The molecular weight excluding hydrogens is 276 g/mol. The molecule has 2 aliphatic rings. The van der Waals surface area contributed by atoms with Gasteiger partial charge in [-0.1, -0.05) is 5.92 Å². The van der Waals surface area contributed by atoms with Gasteiger partial charge >= 0.3 is 0 Å². The van der Waals surface area contributed by atoms with Crippen molar-refractivity contribution in [2.45, 2.75) is 31.6 Å². The maximum atomic E-state index is 5.56. The van der Waals surface area contributed by atoms with E-state index >= 15 is 0 Å². The fraction of sp³-hybridized carbons (Fsp3) is 0.438. The number of terminal acetylenes is 1. The molecule has 1 saturated heterocycles. The molecule has 6 nitrogen and oxygen atoms in total. The van der Waals surface area contributed by atoms with Gasteiger partial charge in [0.1, 0.15) is 0 Å². The Bertz CT molecular complexity index is 718. The number of aromatic amines is 1. The third kappa shape index (κ3) is 2.50. The molecule has 2 N–H and O–H groups in total. The van der Waals surface area contributed by atoms with Crippen molar-refractivity contribution in [1.29, 1.82) is 0 Å². The molecule has 0 spiro atoms. The molecule has 0 atom stereocenters. The molecule has 112 valence electrons. The van der Waals surface area contributed by atoms with Gasteiger partial charge in [-0.05, 0) is 25.7 Å². The average Bonchev–Trinajstić information content (AvgIpc) is 3.06. The van der Waals surface area contributed by atoms with Crippen molar-refractivity contribution < 1.29 is 0 Å². The first kappa shape index (κ1) is 13.1. The first-order valence-electron chi connectivity index (χ1n) is 7.74. The summed E-state index contributed by atoms with van der Waals surface area (Å²) in [6.07, 6.45) is 12.1. The zero-order valence-corrected chi connectivity index (χ0v) is 12.3. The summed E-state index contributed by atoms with van der Waals surface area (Å²) in [6.45, 7) is 2.01. The van der Waals surface area contributed by atoms with Crippen LogP contribution in [0.4, 0.5) is 17.6 Å². The molecule has 6 heteroatoms. The van der Waals surface area contributed by atoms with Crippen LogP contribution in [-0.4, -0.2) is 33.3 Å². The summed E-state index contributed by atoms with van der Waals surface area (Å²) in [5, 5.41) is 10.6. The maximum absolute atomic E-state index is 5.56. The molecule has 2 aromatic heterocycles. The van der Waals surface area contributed by atoms with Gasteiger partial charge in [0, 0.05) is 30.8 Å². The van der Waals surface area contributed by atoms with E-state index < -0.39 is 0 Å². The van der Waals surface area contributed by atoms with Crippen molar-refractivity contribution in [3.05, 3.63) is 23.5 Å². The summed E-state index contributed by atoms with van der Waals surface area (Å²) in [6, 6.07) is 2.04. The lowest BCUT2D eigenvalue weighted by molar-refractivity contribution is 0.898. The van der Waals surface area contributed by atoms with Gasteiger partial charge in [0.25, 0.3) is 0 Å². The van der Waals surface area contributed by atoms with Gasteiger partial charge in [-0.2, -0.15) is 10.1 Å². The minimum Gasteiger partial charge on any atom is -0.341 e. The Kier molecular flexibility index (Phi) is 3.19. The highest BCUT2D eigenvalue weighted by molar-refractivity contribution is 5.62. The first-order valence-corrected chi connectivity index (χ1v) is 7.74. The molecular formula is C16H18N6. The predicted molar refractivity (Wildman–Crippen MR) is 85.3 cm³/mol. The van der Waals surface area contributed by atoms with E-state index in [1.807, 2.05) is 6.07 Å². The maximum Gasteiger partial charge on any atom is 0.227 e. The van der Waals surface area contributed by atoms with Crippen LogP contribution in [0.3, 0.4) is 0 Å². The predicted octanol–water partition coefficient (Wildman–Crippen LogP) is 2.40. The van der Waals surface area contributed by atoms with Gasteiger partial charge in [0.05, 0.1) is 11.8 Å². The zero-order chi connectivity index (χ0) is 14.9. The van der Waals surface area contributed by atoms with Crippen LogP contribution in [0.15, 0.2) is 12.3 Å². The van der Waals surface area contributed by atoms with Crippen molar-refractivity contribution in [2.75, 3.05) is 23.3 Å². The van der Waals surface area contributed by atoms with Gasteiger partial charge in [0.2, 0.25) is 5.95 Å². The van der Waals surface area contributed by atoms with Crippen molar-refractivity contribution in [3.8, 4) is 12.3 Å². The van der Waals surface area contributed by atoms with Crippen molar-refractivity contribution in [3.63, 3.8) is 0 Å². The van der Waals surface area contributed by atoms with E-state index in [1.165, 1.54) is 31.4 Å². The molecule has 0 amide bonds. The molecule has 0 radical (unpaired) electrons. The molecule has 4 rings (SSSR count). The number of rotatable bonds is 4. The summed E-state index contributed by atoms with van der Waals surface area (Å²) in [7, 11) is 0. The molecule has 2 fully saturated rings. The number of H-pyrrole nitrogens is 1. The molecule has 0 unspecified atom stereocenters. The van der Waals surface area contributed by atoms with Crippen LogP contribution in [0.1, 0.15) is 42.9 Å². The molecule has 3 heterocycles. The van der Waals surface area contributed by atoms with Crippen molar-refractivity contribution in [1.82, 2.24) is 20.2 Å². The van der Waals surface area contributed by atoms with Gasteiger partial charge < -0.3 is 10.2 Å². The standard InChI is InChI=1S/C16H18N6/c1-2-11-10-17-16(22-7-3-4-8-22)19-15(11)18-14-9-13(20-21-14)12-5-6-12/h1,9-10,12H,3-8H2,(H2,17,18,19,20,21). The van der Waals surface area contributed by atoms with E-state index in [-0.39, 0.29) is 0 Å². The number of aromatic nitrogens is 4. The van der Waals surface area contributed by atoms with Gasteiger partial charge in [-0.3, -0.25) is 5.10 Å². The Morgan fingerprint density at radius 2 is 2.14 bits per heavy atom. The molecule has 0 bridgehead atoms. The van der Waals surface area contributed by atoms with E-state index in [9.17, 15) is 0 Å². The second kappa shape index (κ2) is 5.34. The highest BCUT2D eigenvalue weighted by Crippen LogP contribution is 2.39. The second-order valence-electron chi connectivity index (χ2n) is 5.88. The minimum atomic E-state index is 0.640. The van der Waals surface area contributed by atoms with Gasteiger partial charge in [0.15, 0.2) is 11.6 Å². The highest BCUT2D eigenvalue weighted by Gasteiger charge is 2.25. The van der Waals surface area contributed by atoms with Crippen LogP contribution in [0.5, 0.6) is 0 Å². The molecule has 22 heavy (non-hydrogen) atoms. The lowest BCUT2D eigenvalue weighted by atomic mass is 10.3. The summed E-state index contributed by atoms with van der Waals surface area (Å²) in [5.41, 5.74) is 1.83. The molecule has 2 aromatic rings.